The maximum Gasteiger partial charge on any atom is 0.307 e. The van der Waals surface area contributed by atoms with Gasteiger partial charge in [0, 0.05) is 10.6 Å². The Kier molecular flexibility index (Phi) is 4.17. The molecule has 0 unspecified atom stereocenters. The molecule has 0 fully saturated rings. The fraction of sp³-hybridized carbons (Fsp3) is 0.182. The van der Waals surface area contributed by atoms with Gasteiger partial charge in [-0.25, -0.2) is 0 Å². The van der Waals surface area contributed by atoms with Gasteiger partial charge in [-0.05, 0) is 23.8 Å². The lowest BCUT2D eigenvalue weighted by Gasteiger charge is -2.01. The summed E-state index contributed by atoms with van der Waals surface area (Å²) < 4.78 is 0. The summed E-state index contributed by atoms with van der Waals surface area (Å²) in [5.74, 6) is 4.59. The molecular weight excluding hydrogens is 214 g/mol. The SMILES string of the molecule is NCC#Cc1ccc(Cl)c(CC(=O)O)c1. The van der Waals surface area contributed by atoms with E-state index in [0.29, 0.717) is 10.6 Å². The van der Waals surface area contributed by atoms with E-state index in [2.05, 4.69) is 11.8 Å². The quantitative estimate of drug-likeness (QED) is 0.743. The van der Waals surface area contributed by atoms with Gasteiger partial charge in [0.1, 0.15) is 0 Å². The molecule has 0 heterocycles. The lowest BCUT2D eigenvalue weighted by atomic mass is 10.1. The van der Waals surface area contributed by atoms with Crippen molar-refractivity contribution in [3.63, 3.8) is 0 Å². The van der Waals surface area contributed by atoms with E-state index >= 15 is 0 Å². The first-order chi connectivity index (χ1) is 7.13. The van der Waals surface area contributed by atoms with E-state index in [-0.39, 0.29) is 13.0 Å². The van der Waals surface area contributed by atoms with Crippen LogP contribution < -0.4 is 5.73 Å². The number of halogens is 1. The fourth-order valence-corrected chi connectivity index (χ4v) is 1.29. The van der Waals surface area contributed by atoms with Gasteiger partial charge in [0.15, 0.2) is 0 Å². The zero-order chi connectivity index (χ0) is 11.3. The van der Waals surface area contributed by atoms with Gasteiger partial charge < -0.3 is 10.8 Å². The Hall–Kier alpha value is -1.50. The smallest absolute Gasteiger partial charge is 0.307 e. The summed E-state index contributed by atoms with van der Waals surface area (Å²) in [6, 6.07) is 5.04. The number of benzene rings is 1. The Morgan fingerprint density at radius 2 is 2.27 bits per heavy atom. The molecule has 0 radical (unpaired) electrons. The highest BCUT2D eigenvalue weighted by Crippen LogP contribution is 2.17. The molecule has 3 N–H and O–H groups in total. The second-order valence-corrected chi connectivity index (χ2v) is 3.29. The average molecular weight is 224 g/mol. The van der Waals surface area contributed by atoms with Crippen LogP contribution in [0.15, 0.2) is 18.2 Å². The predicted octanol–water partition coefficient (Wildman–Crippen LogP) is 1.28. The lowest BCUT2D eigenvalue weighted by Crippen LogP contribution is -2.01. The first-order valence-corrected chi connectivity index (χ1v) is 4.70. The molecule has 0 bridgehead atoms. The lowest BCUT2D eigenvalue weighted by molar-refractivity contribution is -0.136. The van der Waals surface area contributed by atoms with Crippen molar-refractivity contribution < 1.29 is 9.90 Å². The molecule has 1 aromatic carbocycles. The molecule has 0 aliphatic heterocycles. The predicted molar refractivity (Wildman–Crippen MR) is 58.7 cm³/mol. The van der Waals surface area contributed by atoms with Crippen LogP contribution in [0, 0.1) is 11.8 Å². The van der Waals surface area contributed by atoms with Crippen LogP contribution in [0.3, 0.4) is 0 Å². The van der Waals surface area contributed by atoms with Gasteiger partial charge in [0.2, 0.25) is 0 Å². The minimum absolute atomic E-state index is 0.100. The van der Waals surface area contributed by atoms with Crippen LogP contribution in [0.1, 0.15) is 11.1 Å². The molecule has 0 saturated heterocycles. The number of aliphatic carboxylic acids is 1. The summed E-state index contributed by atoms with van der Waals surface area (Å²) >= 11 is 5.84. The standard InChI is InChI=1S/C11H10ClNO2/c12-10-4-3-8(2-1-5-13)6-9(10)7-11(14)15/h3-4,6H,5,7,13H2,(H,14,15). The number of hydrogen-bond acceptors (Lipinski definition) is 2. The van der Waals surface area contributed by atoms with E-state index in [1.165, 1.54) is 0 Å². The maximum absolute atomic E-state index is 10.5. The Bertz CT molecular complexity index is 432. The van der Waals surface area contributed by atoms with E-state index < -0.39 is 5.97 Å². The first-order valence-electron chi connectivity index (χ1n) is 4.32. The third kappa shape index (κ3) is 3.62. The number of nitrogens with two attached hydrogens (primary N) is 1. The van der Waals surface area contributed by atoms with Gasteiger partial charge in [-0.1, -0.05) is 23.4 Å². The van der Waals surface area contributed by atoms with Crippen molar-refractivity contribution >= 4 is 17.6 Å². The summed E-state index contributed by atoms with van der Waals surface area (Å²) in [6.07, 6.45) is -0.100. The van der Waals surface area contributed by atoms with Crippen LogP contribution >= 0.6 is 11.6 Å². The number of carboxylic acid groups (broad SMARTS) is 1. The van der Waals surface area contributed by atoms with Crippen molar-refractivity contribution in [1.29, 1.82) is 0 Å². The van der Waals surface area contributed by atoms with Crippen LogP contribution in [-0.4, -0.2) is 17.6 Å². The van der Waals surface area contributed by atoms with Crippen molar-refractivity contribution in [2.24, 2.45) is 5.73 Å². The van der Waals surface area contributed by atoms with Gasteiger partial charge in [0.05, 0.1) is 13.0 Å². The van der Waals surface area contributed by atoms with Gasteiger partial charge >= 0.3 is 5.97 Å². The van der Waals surface area contributed by atoms with E-state index in [4.69, 9.17) is 22.4 Å². The minimum atomic E-state index is -0.916. The van der Waals surface area contributed by atoms with Gasteiger partial charge in [-0.3, -0.25) is 4.79 Å². The molecule has 0 aliphatic rings. The second-order valence-electron chi connectivity index (χ2n) is 2.88. The van der Waals surface area contributed by atoms with Crippen LogP contribution in [0.5, 0.6) is 0 Å². The molecule has 3 nitrogen and oxygen atoms in total. The summed E-state index contributed by atoms with van der Waals surface area (Å²) in [7, 11) is 0. The van der Waals surface area contributed by atoms with Gasteiger partial charge in [0.25, 0.3) is 0 Å². The maximum atomic E-state index is 10.5. The highest BCUT2D eigenvalue weighted by molar-refractivity contribution is 6.31. The topological polar surface area (TPSA) is 63.3 Å². The van der Waals surface area contributed by atoms with Crippen molar-refractivity contribution in [2.75, 3.05) is 6.54 Å². The highest BCUT2D eigenvalue weighted by Gasteiger charge is 2.05. The minimum Gasteiger partial charge on any atom is -0.481 e. The summed E-state index contributed by atoms with van der Waals surface area (Å²) in [5.41, 5.74) is 6.52. The van der Waals surface area contributed by atoms with Gasteiger partial charge in [-0.2, -0.15) is 0 Å². The molecule has 0 spiro atoms. The fourth-order valence-electron chi connectivity index (χ4n) is 1.10. The molecule has 1 rings (SSSR count). The second kappa shape index (κ2) is 5.40. The monoisotopic (exact) mass is 223 g/mol. The third-order valence-corrected chi connectivity index (χ3v) is 2.09. The van der Waals surface area contributed by atoms with Crippen LogP contribution in [0.2, 0.25) is 5.02 Å². The Balaban J connectivity index is 2.99. The van der Waals surface area contributed by atoms with Crippen molar-refractivity contribution in [2.45, 2.75) is 6.42 Å². The van der Waals surface area contributed by atoms with E-state index in [9.17, 15) is 4.79 Å². The van der Waals surface area contributed by atoms with Gasteiger partial charge in [-0.15, -0.1) is 0 Å². The summed E-state index contributed by atoms with van der Waals surface area (Å²) in [4.78, 5) is 10.5. The first kappa shape index (κ1) is 11.6. The number of rotatable bonds is 2. The van der Waals surface area contributed by atoms with Crippen molar-refractivity contribution in [3.8, 4) is 11.8 Å². The normalized spacial score (nSPS) is 9.20. The van der Waals surface area contributed by atoms with Crippen molar-refractivity contribution in [1.82, 2.24) is 0 Å². The molecule has 4 heteroatoms. The van der Waals surface area contributed by atoms with E-state index in [0.717, 1.165) is 5.56 Å². The molecule has 0 amide bonds. The zero-order valence-electron chi connectivity index (χ0n) is 7.96. The Morgan fingerprint density at radius 1 is 1.53 bits per heavy atom. The Morgan fingerprint density at radius 3 is 2.87 bits per heavy atom. The molecule has 78 valence electrons. The van der Waals surface area contributed by atoms with Crippen LogP contribution in [-0.2, 0) is 11.2 Å². The third-order valence-electron chi connectivity index (χ3n) is 1.72. The number of carbonyl (C=O) groups is 1. The number of hydrogen-bond donors (Lipinski definition) is 2. The van der Waals surface area contributed by atoms with E-state index in [1.54, 1.807) is 18.2 Å². The van der Waals surface area contributed by atoms with E-state index in [1.807, 2.05) is 0 Å². The zero-order valence-corrected chi connectivity index (χ0v) is 8.71. The molecule has 0 saturated carbocycles. The largest absolute Gasteiger partial charge is 0.481 e. The number of carboxylic acids is 1. The average Bonchev–Trinajstić information content (AvgIpc) is 2.18. The Labute approximate surface area is 92.9 Å². The van der Waals surface area contributed by atoms with Crippen LogP contribution in [0.4, 0.5) is 0 Å². The molecule has 15 heavy (non-hydrogen) atoms. The molecular formula is C11H10ClNO2. The highest BCUT2D eigenvalue weighted by atomic mass is 35.5. The summed E-state index contributed by atoms with van der Waals surface area (Å²) in [6.45, 7) is 0.275. The molecule has 0 aliphatic carbocycles. The van der Waals surface area contributed by atoms with Crippen LogP contribution in [0.25, 0.3) is 0 Å². The molecule has 0 atom stereocenters. The summed E-state index contributed by atoms with van der Waals surface area (Å²) in [5, 5.41) is 9.08. The van der Waals surface area contributed by atoms with Crippen molar-refractivity contribution in [3.05, 3.63) is 34.3 Å². The molecule has 0 aromatic heterocycles. The molecule has 1 aromatic rings.